The fourth-order valence-corrected chi connectivity index (χ4v) is 3.31. The van der Waals surface area contributed by atoms with Gasteiger partial charge in [0.25, 0.3) is 0 Å². The molecule has 2 unspecified atom stereocenters. The molecule has 1 aromatic carbocycles. The van der Waals surface area contributed by atoms with Crippen molar-refractivity contribution in [2.45, 2.75) is 25.4 Å². The maximum Gasteiger partial charge on any atom is 0.305 e. The maximum absolute atomic E-state index is 13.9. The van der Waals surface area contributed by atoms with Gasteiger partial charge in [0.2, 0.25) is 0 Å². The largest absolute Gasteiger partial charge is 0.481 e. The van der Waals surface area contributed by atoms with Crippen LogP contribution in [0.1, 0.15) is 35.9 Å². The van der Waals surface area contributed by atoms with Gasteiger partial charge in [-0.25, -0.2) is 4.39 Å². The summed E-state index contributed by atoms with van der Waals surface area (Å²) in [4.78, 5) is 12.0. The molecule has 2 rings (SSSR count). The van der Waals surface area contributed by atoms with Crippen LogP contribution < -0.4 is 5.32 Å². The van der Waals surface area contributed by atoms with Gasteiger partial charge < -0.3 is 10.4 Å². The molecule has 0 amide bonds. The molecule has 2 aromatic rings. The maximum atomic E-state index is 13.9. The van der Waals surface area contributed by atoms with E-state index in [1.54, 1.807) is 12.1 Å². The van der Waals surface area contributed by atoms with Crippen LogP contribution in [0, 0.1) is 5.82 Å². The fourth-order valence-electron chi connectivity index (χ4n) is 2.14. The van der Waals surface area contributed by atoms with Crippen molar-refractivity contribution in [1.29, 1.82) is 0 Å². The van der Waals surface area contributed by atoms with E-state index in [2.05, 4.69) is 21.2 Å². The number of halogens is 2. The molecule has 1 heterocycles. The Morgan fingerprint density at radius 1 is 1.48 bits per heavy atom. The third kappa shape index (κ3) is 4.36. The molecule has 2 atom stereocenters. The van der Waals surface area contributed by atoms with Crippen molar-refractivity contribution in [2.75, 3.05) is 0 Å². The van der Waals surface area contributed by atoms with Crippen LogP contribution in [0.3, 0.4) is 0 Å². The van der Waals surface area contributed by atoms with Crippen LogP contribution >= 0.6 is 27.3 Å². The minimum Gasteiger partial charge on any atom is -0.481 e. The highest BCUT2D eigenvalue weighted by molar-refractivity contribution is 9.10. The molecule has 0 saturated heterocycles. The number of rotatable bonds is 6. The topological polar surface area (TPSA) is 49.3 Å². The van der Waals surface area contributed by atoms with Crippen molar-refractivity contribution in [3.05, 3.63) is 56.4 Å². The zero-order valence-electron chi connectivity index (χ0n) is 11.3. The Balaban J connectivity index is 2.19. The van der Waals surface area contributed by atoms with Crippen LogP contribution in [0.4, 0.5) is 4.39 Å². The molecule has 3 nitrogen and oxygen atoms in total. The second-order valence-electron chi connectivity index (χ2n) is 4.72. The van der Waals surface area contributed by atoms with Gasteiger partial charge in [-0.15, -0.1) is 11.3 Å². The summed E-state index contributed by atoms with van der Waals surface area (Å²) in [5, 5.41) is 14.2. The Morgan fingerprint density at radius 2 is 2.24 bits per heavy atom. The summed E-state index contributed by atoms with van der Waals surface area (Å²) < 4.78 is 14.7. The smallest absolute Gasteiger partial charge is 0.305 e. The van der Waals surface area contributed by atoms with Gasteiger partial charge >= 0.3 is 5.97 Å². The first-order valence-electron chi connectivity index (χ1n) is 6.43. The van der Waals surface area contributed by atoms with Crippen LogP contribution in [0.5, 0.6) is 0 Å². The lowest BCUT2D eigenvalue weighted by atomic mass is 10.0. The van der Waals surface area contributed by atoms with E-state index < -0.39 is 5.97 Å². The average Bonchev–Trinajstić information content (AvgIpc) is 2.94. The Labute approximate surface area is 134 Å². The van der Waals surface area contributed by atoms with Crippen LogP contribution in [0.25, 0.3) is 0 Å². The van der Waals surface area contributed by atoms with Crippen molar-refractivity contribution in [2.24, 2.45) is 0 Å². The van der Waals surface area contributed by atoms with Gasteiger partial charge in [-0.1, -0.05) is 22.0 Å². The molecule has 0 radical (unpaired) electrons. The minimum absolute atomic E-state index is 0.0412. The van der Waals surface area contributed by atoms with Crippen molar-refractivity contribution in [1.82, 2.24) is 5.32 Å². The third-order valence-electron chi connectivity index (χ3n) is 3.14. The molecule has 6 heteroatoms. The summed E-state index contributed by atoms with van der Waals surface area (Å²) in [6.07, 6.45) is -0.0412. The predicted octanol–water partition coefficient (Wildman–Crippen LogP) is 4.52. The van der Waals surface area contributed by atoms with Gasteiger partial charge in [0, 0.05) is 21.0 Å². The van der Waals surface area contributed by atoms with E-state index in [1.807, 2.05) is 24.4 Å². The van der Waals surface area contributed by atoms with Gasteiger partial charge in [0.1, 0.15) is 5.82 Å². The van der Waals surface area contributed by atoms with Gasteiger partial charge in [-0.3, -0.25) is 4.79 Å². The first-order valence-corrected chi connectivity index (χ1v) is 8.11. The Kier molecular flexibility index (Phi) is 5.50. The number of carboxylic acids is 1. The van der Waals surface area contributed by atoms with Crippen molar-refractivity contribution in [3.8, 4) is 0 Å². The highest BCUT2D eigenvalue weighted by atomic mass is 79.9. The molecule has 1 aromatic heterocycles. The molecule has 0 aliphatic carbocycles. The first-order chi connectivity index (χ1) is 9.97. The Hall–Kier alpha value is -1.24. The zero-order chi connectivity index (χ0) is 15.4. The normalized spacial score (nSPS) is 13.9. The van der Waals surface area contributed by atoms with Crippen molar-refractivity contribution < 1.29 is 14.3 Å². The summed E-state index contributed by atoms with van der Waals surface area (Å²) in [7, 11) is 0. The molecule has 2 N–H and O–H groups in total. The van der Waals surface area contributed by atoms with E-state index in [4.69, 9.17) is 5.11 Å². The quantitative estimate of drug-likeness (QED) is 0.784. The van der Waals surface area contributed by atoms with E-state index in [0.717, 1.165) is 9.35 Å². The molecule has 0 fully saturated rings. The lowest BCUT2D eigenvalue weighted by molar-refractivity contribution is -0.137. The average molecular weight is 372 g/mol. The number of aliphatic carboxylic acids is 1. The van der Waals surface area contributed by atoms with E-state index >= 15 is 0 Å². The molecule has 0 aliphatic heterocycles. The van der Waals surface area contributed by atoms with Gasteiger partial charge in [-0.05, 0) is 36.6 Å². The predicted molar refractivity (Wildman–Crippen MR) is 85.0 cm³/mol. The highest BCUT2D eigenvalue weighted by Crippen LogP contribution is 2.28. The number of thiophene rings is 1. The lowest BCUT2D eigenvalue weighted by Gasteiger charge is -2.22. The first kappa shape index (κ1) is 16.1. The van der Waals surface area contributed by atoms with Gasteiger partial charge in [-0.2, -0.15) is 0 Å². The molecule has 0 bridgehead atoms. The second-order valence-corrected chi connectivity index (χ2v) is 6.62. The monoisotopic (exact) mass is 371 g/mol. The SMILES string of the molecule is CC(NC(CC(=O)O)c1cccs1)c1cc(Br)ccc1F. The van der Waals surface area contributed by atoms with E-state index in [1.165, 1.54) is 17.4 Å². The number of nitrogens with one attached hydrogen (secondary N) is 1. The lowest BCUT2D eigenvalue weighted by Crippen LogP contribution is -2.26. The number of carbonyl (C=O) groups is 1. The van der Waals surface area contributed by atoms with Crippen LogP contribution in [-0.2, 0) is 4.79 Å². The summed E-state index contributed by atoms with van der Waals surface area (Å²) in [5.74, 6) is -1.19. The summed E-state index contributed by atoms with van der Waals surface area (Å²) >= 11 is 4.81. The molecule has 0 spiro atoms. The van der Waals surface area contributed by atoms with Crippen LogP contribution in [-0.4, -0.2) is 11.1 Å². The molecule has 0 aliphatic rings. The minimum atomic E-state index is -0.886. The highest BCUT2D eigenvalue weighted by Gasteiger charge is 2.21. The van der Waals surface area contributed by atoms with Crippen molar-refractivity contribution >= 4 is 33.2 Å². The molecule has 0 saturated carbocycles. The fraction of sp³-hybridized carbons (Fsp3) is 0.267. The van der Waals surface area contributed by atoms with Gasteiger partial charge in [0.05, 0.1) is 12.5 Å². The molecule has 112 valence electrons. The second kappa shape index (κ2) is 7.15. The Morgan fingerprint density at radius 3 is 2.86 bits per heavy atom. The van der Waals surface area contributed by atoms with Gasteiger partial charge in [0.15, 0.2) is 0 Å². The molecular formula is C15H15BrFNO2S. The van der Waals surface area contributed by atoms with Crippen molar-refractivity contribution in [3.63, 3.8) is 0 Å². The van der Waals surface area contributed by atoms with E-state index in [0.29, 0.717) is 5.56 Å². The Bertz CT molecular complexity index is 618. The van der Waals surface area contributed by atoms with E-state index in [-0.39, 0.29) is 24.3 Å². The third-order valence-corrected chi connectivity index (χ3v) is 4.62. The number of hydrogen-bond acceptors (Lipinski definition) is 3. The summed E-state index contributed by atoms with van der Waals surface area (Å²) in [5.41, 5.74) is 0.510. The number of carboxylic acid groups (broad SMARTS) is 1. The molecule has 21 heavy (non-hydrogen) atoms. The summed E-state index contributed by atoms with van der Waals surface area (Å²) in [6.45, 7) is 1.83. The molecular weight excluding hydrogens is 357 g/mol. The van der Waals surface area contributed by atoms with Crippen LogP contribution in [0.15, 0.2) is 40.2 Å². The van der Waals surface area contributed by atoms with Crippen LogP contribution in [0.2, 0.25) is 0 Å². The van der Waals surface area contributed by atoms with E-state index in [9.17, 15) is 9.18 Å². The zero-order valence-corrected chi connectivity index (χ0v) is 13.7. The number of hydrogen-bond donors (Lipinski definition) is 2. The standard InChI is InChI=1S/C15H15BrFNO2S/c1-9(11-7-10(16)4-5-12(11)17)18-13(8-15(19)20)14-3-2-6-21-14/h2-7,9,13,18H,8H2,1H3,(H,19,20). The summed E-state index contributed by atoms with van der Waals surface area (Å²) in [6, 6.07) is 7.87. The number of benzene rings is 1.